The minimum absolute atomic E-state index is 0.130. The summed E-state index contributed by atoms with van der Waals surface area (Å²) in [6.07, 6.45) is 6.03. The normalized spacial score (nSPS) is 33.3. The van der Waals surface area contributed by atoms with Crippen molar-refractivity contribution in [3.05, 3.63) is 35.8 Å². The second-order valence-electron chi connectivity index (χ2n) is 4.37. The maximum Gasteiger partial charge on any atom is 0.231 e. The van der Waals surface area contributed by atoms with Crippen LogP contribution in [0, 0.1) is 5.41 Å². The van der Waals surface area contributed by atoms with Gasteiger partial charge < -0.3 is 9.47 Å². The molecule has 1 atom stereocenters. The molecule has 0 N–H and O–H groups in total. The lowest BCUT2D eigenvalue weighted by Crippen LogP contribution is -2.27. The number of carbonyl (C=O) groups is 1. The second-order valence-corrected chi connectivity index (χ2v) is 4.37. The molecule has 1 unspecified atom stereocenters. The Hall–Kier alpha value is -1.51. The molecule has 0 amide bonds. The smallest absolute Gasteiger partial charge is 0.231 e. The molecule has 0 aromatic rings. The molecule has 15 heavy (non-hydrogen) atoms. The third-order valence-corrected chi connectivity index (χ3v) is 3.32. The lowest BCUT2D eigenvalue weighted by atomic mass is 9.78. The maximum atomic E-state index is 12.0. The number of rotatable bonds is 0. The highest BCUT2D eigenvalue weighted by atomic mass is 16.7. The predicted molar refractivity (Wildman–Crippen MR) is 53.6 cm³/mol. The number of hydrogen-bond acceptors (Lipinski definition) is 3. The highest BCUT2D eigenvalue weighted by molar-refractivity contribution is 5.99. The van der Waals surface area contributed by atoms with Crippen molar-refractivity contribution >= 4 is 5.78 Å². The number of ketones is 1. The van der Waals surface area contributed by atoms with E-state index in [1.165, 1.54) is 0 Å². The molecular weight excluding hydrogens is 192 g/mol. The molecule has 3 rings (SSSR count). The monoisotopic (exact) mass is 204 g/mol. The molecule has 1 spiro atoms. The van der Waals surface area contributed by atoms with Crippen molar-refractivity contribution in [2.75, 3.05) is 6.79 Å². The average Bonchev–Trinajstić information content (AvgIpc) is 2.76. The molecule has 2 aliphatic carbocycles. The van der Waals surface area contributed by atoms with Crippen LogP contribution in [0.3, 0.4) is 0 Å². The van der Waals surface area contributed by atoms with Crippen LogP contribution in [-0.2, 0) is 14.3 Å². The highest BCUT2D eigenvalue weighted by Crippen LogP contribution is 2.47. The van der Waals surface area contributed by atoms with Crippen LogP contribution in [0.15, 0.2) is 35.8 Å². The Morgan fingerprint density at radius 3 is 2.87 bits per heavy atom. The van der Waals surface area contributed by atoms with E-state index >= 15 is 0 Å². The number of carbonyl (C=O) groups excluding carboxylic acids is 1. The van der Waals surface area contributed by atoms with E-state index < -0.39 is 0 Å². The van der Waals surface area contributed by atoms with Crippen LogP contribution in [0.5, 0.6) is 0 Å². The van der Waals surface area contributed by atoms with Crippen LogP contribution in [0.25, 0.3) is 0 Å². The summed E-state index contributed by atoms with van der Waals surface area (Å²) < 4.78 is 10.5. The topological polar surface area (TPSA) is 35.5 Å². The van der Waals surface area contributed by atoms with Gasteiger partial charge in [0.15, 0.2) is 17.3 Å². The van der Waals surface area contributed by atoms with Crippen molar-refractivity contribution in [2.45, 2.75) is 19.3 Å². The number of hydrogen-bond donors (Lipinski definition) is 0. The lowest BCUT2D eigenvalue weighted by molar-refractivity contribution is -0.121. The molecule has 1 saturated carbocycles. The molecule has 3 nitrogen and oxygen atoms in total. The van der Waals surface area contributed by atoms with Crippen molar-refractivity contribution < 1.29 is 14.3 Å². The molecule has 78 valence electrons. The molecule has 0 aromatic heterocycles. The minimum atomic E-state index is -0.385. The molecule has 0 bridgehead atoms. The summed E-state index contributed by atoms with van der Waals surface area (Å²) in [5.41, 5.74) is 0.764. The first-order valence-electron chi connectivity index (χ1n) is 5.11. The van der Waals surface area contributed by atoms with Crippen LogP contribution < -0.4 is 0 Å². The molecule has 1 aliphatic heterocycles. The van der Waals surface area contributed by atoms with Gasteiger partial charge in [0.2, 0.25) is 6.79 Å². The van der Waals surface area contributed by atoms with E-state index in [9.17, 15) is 4.79 Å². The van der Waals surface area contributed by atoms with E-state index in [1.54, 1.807) is 6.08 Å². The van der Waals surface area contributed by atoms with Gasteiger partial charge in [0, 0.05) is 6.08 Å². The molecule has 1 heterocycles. The van der Waals surface area contributed by atoms with Crippen molar-refractivity contribution in [1.82, 2.24) is 0 Å². The summed E-state index contributed by atoms with van der Waals surface area (Å²) in [7, 11) is 0. The standard InChI is InChI=1S/C12H12O3/c1-8-2-3-12(5-8)6-10-9(4-11(12)13)14-7-15-10/h4,6H,1-3,5,7H2. The van der Waals surface area contributed by atoms with E-state index in [-0.39, 0.29) is 18.0 Å². The van der Waals surface area contributed by atoms with Gasteiger partial charge in [-0.3, -0.25) is 4.79 Å². The Labute approximate surface area is 88.1 Å². The quantitative estimate of drug-likeness (QED) is 0.566. The van der Waals surface area contributed by atoms with Crippen molar-refractivity contribution in [1.29, 1.82) is 0 Å². The first-order chi connectivity index (χ1) is 7.20. The second kappa shape index (κ2) is 2.75. The summed E-state index contributed by atoms with van der Waals surface area (Å²) >= 11 is 0. The predicted octanol–water partition coefficient (Wildman–Crippen LogP) is 2.07. The van der Waals surface area contributed by atoms with Gasteiger partial charge in [-0.05, 0) is 25.3 Å². The van der Waals surface area contributed by atoms with Gasteiger partial charge >= 0.3 is 0 Å². The highest BCUT2D eigenvalue weighted by Gasteiger charge is 2.44. The fourth-order valence-electron chi connectivity index (χ4n) is 2.47. The van der Waals surface area contributed by atoms with Gasteiger partial charge in [0.1, 0.15) is 0 Å². The van der Waals surface area contributed by atoms with Crippen LogP contribution in [-0.4, -0.2) is 12.6 Å². The van der Waals surface area contributed by atoms with Gasteiger partial charge in [0.05, 0.1) is 5.41 Å². The number of allylic oxidation sites excluding steroid dienone is 3. The largest absolute Gasteiger partial charge is 0.454 e. The fraction of sp³-hybridized carbons (Fsp3) is 0.417. The van der Waals surface area contributed by atoms with Gasteiger partial charge in [-0.15, -0.1) is 0 Å². The van der Waals surface area contributed by atoms with Crippen molar-refractivity contribution in [3.63, 3.8) is 0 Å². The summed E-state index contributed by atoms with van der Waals surface area (Å²) in [4.78, 5) is 12.0. The van der Waals surface area contributed by atoms with Gasteiger partial charge in [0.25, 0.3) is 0 Å². The van der Waals surface area contributed by atoms with E-state index in [4.69, 9.17) is 9.47 Å². The van der Waals surface area contributed by atoms with E-state index in [0.717, 1.165) is 30.6 Å². The Balaban J connectivity index is 2.03. The first kappa shape index (κ1) is 8.77. The minimum Gasteiger partial charge on any atom is -0.454 e. The summed E-state index contributed by atoms with van der Waals surface area (Å²) in [5, 5.41) is 0. The van der Waals surface area contributed by atoms with Crippen molar-refractivity contribution in [2.24, 2.45) is 5.41 Å². The van der Waals surface area contributed by atoms with Crippen LogP contribution in [0.4, 0.5) is 0 Å². The lowest BCUT2D eigenvalue weighted by Gasteiger charge is -2.24. The first-order valence-corrected chi connectivity index (χ1v) is 5.11. The third kappa shape index (κ3) is 1.16. The summed E-state index contributed by atoms with van der Waals surface area (Å²) in [5.74, 6) is 1.44. The molecule has 3 heteroatoms. The molecule has 1 saturated heterocycles. The van der Waals surface area contributed by atoms with Gasteiger partial charge in [-0.2, -0.15) is 0 Å². The van der Waals surface area contributed by atoms with Crippen molar-refractivity contribution in [3.8, 4) is 0 Å². The van der Waals surface area contributed by atoms with Gasteiger partial charge in [-0.1, -0.05) is 12.2 Å². The third-order valence-electron chi connectivity index (χ3n) is 3.32. The van der Waals surface area contributed by atoms with Crippen LogP contribution >= 0.6 is 0 Å². The Kier molecular flexibility index (Phi) is 1.61. The number of fused-ring (bicyclic) bond motifs is 1. The summed E-state index contributed by atoms with van der Waals surface area (Å²) in [6.45, 7) is 4.17. The maximum absolute atomic E-state index is 12.0. The van der Waals surface area contributed by atoms with E-state index in [2.05, 4.69) is 6.58 Å². The molecular formula is C12H12O3. The van der Waals surface area contributed by atoms with Gasteiger partial charge in [-0.25, -0.2) is 0 Å². The van der Waals surface area contributed by atoms with Crippen LogP contribution in [0.2, 0.25) is 0 Å². The zero-order chi connectivity index (χ0) is 10.5. The zero-order valence-electron chi connectivity index (χ0n) is 8.41. The molecule has 3 aliphatic rings. The Morgan fingerprint density at radius 2 is 2.13 bits per heavy atom. The Morgan fingerprint density at radius 1 is 1.33 bits per heavy atom. The van der Waals surface area contributed by atoms with Crippen LogP contribution in [0.1, 0.15) is 19.3 Å². The number of ether oxygens (including phenoxy) is 2. The average molecular weight is 204 g/mol. The van der Waals surface area contributed by atoms with E-state index in [1.807, 2.05) is 6.08 Å². The SMILES string of the molecule is C=C1CCC2(C=C3OCOC3=CC2=O)C1. The van der Waals surface area contributed by atoms with E-state index in [0.29, 0.717) is 5.76 Å². The fourth-order valence-corrected chi connectivity index (χ4v) is 2.47. The Bertz CT molecular complexity index is 417. The molecule has 0 aromatic carbocycles. The summed E-state index contributed by atoms with van der Waals surface area (Å²) in [6, 6.07) is 0. The molecule has 2 fully saturated rings. The molecule has 0 radical (unpaired) electrons. The zero-order valence-corrected chi connectivity index (χ0v) is 8.41.